The molecule has 2 rings (SSSR count). The second kappa shape index (κ2) is 7.44. The summed E-state index contributed by atoms with van der Waals surface area (Å²) in [6.45, 7) is 2.21. The number of benzene rings is 1. The van der Waals surface area contributed by atoms with Crippen LogP contribution in [-0.4, -0.2) is 17.6 Å². The lowest BCUT2D eigenvalue weighted by Gasteiger charge is -2.27. The second-order valence-corrected chi connectivity index (χ2v) is 6.06. The van der Waals surface area contributed by atoms with Crippen molar-refractivity contribution in [2.75, 3.05) is 6.61 Å². The molecule has 3 heteroatoms. The van der Waals surface area contributed by atoms with Crippen molar-refractivity contribution in [2.45, 2.75) is 45.1 Å². The number of hydrogen-bond donors (Lipinski definition) is 2. The van der Waals surface area contributed by atoms with Crippen LogP contribution in [0.3, 0.4) is 0 Å². The first kappa shape index (κ1) is 15.0. The Morgan fingerprint density at radius 2 is 2.10 bits per heavy atom. The van der Waals surface area contributed by atoms with Crippen LogP contribution in [0.15, 0.2) is 30.3 Å². The average molecular weight is 275 g/mol. The second-order valence-electron chi connectivity index (χ2n) is 6.06. The van der Waals surface area contributed by atoms with E-state index in [0.29, 0.717) is 12.3 Å². The fraction of sp³-hybridized carbons (Fsp3) is 0.588. The van der Waals surface area contributed by atoms with E-state index in [1.165, 1.54) is 12.8 Å². The molecule has 0 heterocycles. The summed E-state index contributed by atoms with van der Waals surface area (Å²) in [6.07, 6.45) is 5.44. The number of hydrogen-bond acceptors (Lipinski definition) is 2. The van der Waals surface area contributed by atoms with Crippen molar-refractivity contribution in [3.63, 3.8) is 0 Å². The molecule has 3 unspecified atom stereocenters. The van der Waals surface area contributed by atoms with Crippen LogP contribution in [0.2, 0.25) is 0 Å². The molecule has 0 saturated heterocycles. The number of rotatable bonds is 5. The fourth-order valence-corrected chi connectivity index (χ4v) is 3.18. The highest BCUT2D eigenvalue weighted by Crippen LogP contribution is 2.30. The number of amides is 1. The smallest absolute Gasteiger partial charge is 0.220 e. The Kier molecular flexibility index (Phi) is 5.60. The van der Waals surface area contributed by atoms with Gasteiger partial charge in [0.25, 0.3) is 0 Å². The van der Waals surface area contributed by atoms with E-state index in [1.807, 2.05) is 30.3 Å². The minimum atomic E-state index is -0.287. The van der Waals surface area contributed by atoms with Gasteiger partial charge in [0, 0.05) is 6.42 Å². The van der Waals surface area contributed by atoms with Gasteiger partial charge in [0.15, 0.2) is 0 Å². The van der Waals surface area contributed by atoms with Crippen LogP contribution in [0.25, 0.3) is 0 Å². The van der Waals surface area contributed by atoms with E-state index in [1.54, 1.807) is 0 Å². The van der Waals surface area contributed by atoms with E-state index in [-0.39, 0.29) is 18.6 Å². The summed E-state index contributed by atoms with van der Waals surface area (Å²) in [5, 5.41) is 12.4. The maximum Gasteiger partial charge on any atom is 0.220 e. The van der Waals surface area contributed by atoms with Crippen LogP contribution in [0.5, 0.6) is 0 Å². The van der Waals surface area contributed by atoms with Crippen LogP contribution in [0, 0.1) is 11.8 Å². The van der Waals surface area contributed by atoms with Gasteiger partial charge in [0.05, 0.1) is 12.6 Å². The molecule has 1 aliphatic carbocycles. The van der Waals surface area contributed by atoms with Crippen LogP contribution < -0.4 is 5.32 Å². The monoisotopic (exact) mass is 275 g/mol. The molecule has 0 bridgehead atoms. The molecule has 1 saturated carbocycles. The van der Waals surface area contributed by atoms with Crippen molar-refractivity contribution in [1.82, 2.24) is 5.32 Å². The van der Waals surface area contributed by atoms with Gasteiger partial charge in [-0.1, -0.05) is 50.1 Å². The van der Waals surface area contributed by atoms with E-state index in [9.17, 15) is 9.90 Å². The lowest BCUT2D eigenvalue weighted by atomic mass is 9.80. The Hall–Kier alpha value is -1.35. The van der Waals surface area contributed by atoms with Gasteiger partial charge in [0.1, 0.15) is 0 Å². The van der Waals surface area contributed by atoms with E-state index >= 15 is 0 Å². The topological polar surface area (TPSA) is 49.3 Å². The average Bonchev–Trinajstić information content (AvgIpc) is 2.45. The van der Waals surface area contributed by atoms with E-state index in [2.05, 4.69) is 12.2 Å². The highest BCUT2D eigenvalue weighted by Gasteiger charge is 2.22. The van der Waals surface area contributed by atoms with E-state index < -0.39 is 0 Å². The van der Waals surface area contributed by atoms with Crippen molar-refractivity contribution in [3.05, 3.63) is 35.9 Å². The van der Waals surface area contributed by atoms with Gasteiger partial charge in [-0.15, -0.1) is 0 Å². The molecule has 2 N–H and O–H groups in total. The Labute approximate surface area is 121 Å². The van der Waals surface area contributed by atoms with Gasteiger partial charge < -0.3 is 10.4 Å². The molecule has 3 nitrogen and oxygen atoms in total. The Bertz CT molecular complexity index is 418. The van der Waals surface area contributed by atoms with Crippen molar-refractivity contribution in [2.24, 2.45) is 11.8 Å². The number of aliphatic hydroxyl groups excluding tert-OH is 1. The zero-order valence-corrected chi connectivity index (χ0v) is 12.2. The molecular weight excluding hydrogens is 250 g/mol. The summed E-state index contributed by atoms with van der Waals surface area (Å²) in [6, 6.07) is 9.36. The van der Waals surface area contributed by atoms with Crippen molar-refractivity contribution >= 4 is 5.91 Å². The van der Waals surface area contributed by atoms with Crippen LogP contribution >= 0.6 is 0 Å². The summed E-state index contributed by atoms with van der Waals surface area (Å²) in [5.41, 5.74) is 0.959. The predicted molar refractivity (Wildman–Crippen MR) is 80.2 cm³/mol. The van der Waals surface area contributed by atoms with Gasteiger partial charge in [-0.25, -0.2) is 0 Å². The predicted octanol–water partition coefficient (Wildman–Crippen LogP) is 3.05. The third-order valence-electron chi connectivity index (χ3n) is 4.24. The molecule has 20 heavy (non-hydrogen) atoms. The summed E-state index contributed by atoms with van der Waals surface area (Å²) in [5.74, 6) is 1.31. The minimum absolute atomic E-state index is 0.0587. The zero-order chi connectivity index (χ0) is 14.4. The van der Waals surface area contributed by atoms with E-state index in [4.69, 9.17) is 0 Å². The Morgan fingerprint density at radius 1 is 1.35 bits per heavy atom. The molecule has 0 radical (unpaired) electrons. The molecule has 0 spiro atoms. The molecule has 0 aliphatic heterocycles. The SMILES string of the molecule is CC1CCCC(CC(=O)NC(CO)c2ccccc2)C1. The van der Waals surface area contributed by atoms with E-state index in [0.717, 1.165) is 24.3 Å². The van der Waals surface area contributed by atoms with Gasteiger partial charge in [-0.3, -0.25) is 4.79 Å². The van der Waals surface area contributed by atoms with Gasteiger partial charge in [-0.05, 0) is 30.2 Å². The molecular formula is C17H25NO2. The van der Waals surface area contributed by atoms with Crippen molar-refractivity contribution in [1.29, 1.82) is 0 Å². The molecule has 1 aliphatic rings. The quantitative estimate of drug-likeness (QED) is 0.867. The first-order chi connectivity index (χ1) is 9.69. The summed E-state index contributed by atoms with van der Waals surface area (Å²) >= 11 is 0. The van der Waals surface area contributed by atoms with Crippen molar-refractivity contribution in [3.8, 4) is 0 Å². The van der Waals surface area contributed by atoms with Gasteiger partial charge >= 0.3 is 0 Å². The molecule has 110 valence electrons. The summed E-state index contributed by atoms with van der Waals surface area (Å²) in [4.78, 5) is 12.1. The zero-order valence-electron chi connectivity index (χ0n) is 12.2. The van der Waals surface area contributed by atoms with Crippen molar-refractivity contribution < 1.29 is 9.90 Å². The maximum atomic E-state index is 12.1. The molecule has 1 aromatic carbocycles. The lowest BCUT2D eigenvalue weighted by molar-refractivity contribution is -0.123. The highest BCUT2D eigenvalue weighted by molar-refractivity contribution is 5.76. The third-order valence-corrected chi connectivity index (χ3v) is 4.24. The number of carbonyl (C=O) groups is 1. The molecule has 1 aromatic rings. The minimum Gasteiger partial charge on any atom is -0.394 e. The lowest BCUT2D eigenvalue weighted by Crippen LogP contribution is -2.32. The Balaban J connectivity index is 1.86. The highest BCUT2D eigenvalue weighted by atomic mass is 16.3. The number of aliphatic hydroxyl groups is 1. The molecule has 0 aromatic heterocycles. The van der Waals surface area contributed by atoms with Gasteiger partial charge in [-0.2, -0.15) is 0 Å². The standard InChI is InChI=1S/C17H25NO2/c1-13-6-5-7-14(10-13)11-17(20)18-16(12-19)15-8-3-2-4-9-15/h2-4,8-9,13-14,16,19H,5-7,10-12H2,1H3,(H,18,20). The fourth-order valence-electron chi connectivity index (χ4n) is 3.18. The largest absolute Gasteiger partial charge is 0.394 e. The summed E-state index contributed by atoms with van der Waals surface area (Å²) in [7, 11) is 0. The van der Waals surface area contributed by atoms with Crippen LogP contribution in [0.4, 0.5) is 0 Å². The van der Waals surface area contributed by atoms with Crippen LogP contribution in [0.1, 0.15) is 50.6 Å². The number of nitrogens with one attached hydrogen (secondary N) is 1. The first-order valence-corrected chi connectivity index (χ1v) is 7.64. The molecule has 1 fully saturated rings. The molecule has 3 atom stereocenters. The van der Waals surface area contributed by atoms with Gasteiger partial charge in [0.2, 0.25) is 5.91 Å². The summed E-state index contributed by atoms with van der Waals surface area (Å²) < 4.78 is 0. The third kappa shape index (κ3) is 4.34. The normalized spacial score (nSPS) is 24.1. The maximum absolute atomic E-state index is 12.1. The van der Waals surface area contributed by atoms with Crippen LogP contribution in [-0.2, 0) is 4.79 Å². The molecule has 1 amide bonds. The first-order valence-electron chi connectivity index (χ1n) is 7.64. The number of carbonyl (C=O) groups excluding carboxylic acids is 1. The Morgan fingerprint density at radius 3 is 2.75 bits per heavy atom.